The van der Waals surface area contributed by atoms with E-state index in [0.717, 1.165) is 12.8 Å². The molecule has 0 saturated heterocycles. The van der Waals surface area contributed by atoms with Gasteiger partial charge in [-0.2, -0.15) is 0 Å². The summed E-state index contributed by atoms with van der Waals surface area (Å²) in [6, 6.07) is -1.33. The van der Waals surface area contributed by atoms with Crippen LogP contribution >= 0.6 is 0 Å². The molecule has 0 unspecified atom stereocenters. The molecule has 1 atom stereocenters. The Morgan fingerprint density at radius 2 is 1.74 bits per heavy atom. The second kappa shape index (κ2) is 8.74. The van der Waals surface area contributed by atoms with E-state index in [-0.39, 0.29) is 25.1 Å². The Balaban J connectivity index is 4.84. The molecule has 2 amide bonds. The first-order valence-corrected chi connectivity index (χ1v) is 6.79. The molecule has 0 spiro atoms. The van der Waals surface area contributed by atoms with Gasteiger partial charge in [0.05, 0.1) is 6.61 Å². The third-order valence-corrected chi connectivity index (χ3v) is 3.20. The smallest absolute Gasteiger partial charge is 0.326 e. The fraction of sp³-hybridized carbons (Fsp3) is 0.846. The van der Waals surface area contributed by atoms with Crippen LogP contribution in [0.2, 0.25) is 0 Å². The van der Waals surface area contributed by atoms with Crippen molar-refractivity contribution in [2.75, 3.05) is 13.2 Å². The third-order valence-electron chi connectivity index (χ3n) is 3.20. The highest BCUT2D eigenvalue weighted by molar-refractivity contribution is 5.82. The lowest BCUT2D eigenvalue weighted by molar-refractivity contribution is -0.140. The zero-order valence-electron chi connectivity index (χ0n) is 12.2. The Kier molecular flexibility index (Phi) is 8.14. The number of urea groups is 1. The van der Waals surface area contributed by atoms with E-state index < -0.39 is 18.0 Å². The average Bonchev–Trinajstić information content (AvgIpc) is 2.35. The summed E-state index contributed by atoms with van der Waals surface area (Å²) in [5, 5.41) is 20.6. The molecule has 112 valence electrons. The van der Waals surface area contributed by atoms with Crippen molar-refractivity contribution in [2.45, 2.75) is 52.6 Å². The van der Waals surface area contributed by atoms with Gasteiger partial charge in [-0.3, -0.25) is 0 Å². The number of carbonyl (C=O) groups is 2. The lowest BCUT2D eigenvalue weighted by atomic mass is 10.0. The van der Waals surface area contributed by atoms with E-state index in [1.165, 1.54) is 4.90 Å². The minimum atomic E-state index is -1.04. The molecule has 6 heteroatoms. The number of aliphatic hydroxyl groups is 1. The third kappa shape index (κ3) is 5.46. The Hall–Kier alpha value is -1.30. The number of amides is 2. The molecule has 0 saturated carbocycles. The summed E-state index contributed by atoms with van der Waals surface area (Å²) in [7, 11) is 0. The Bertz CT molecular complexity index is 290. The minimum absolute atomic E-state index is 0.00811. The lowest BCUT2D eigenvalue weighted by Gasteiger charge is -2.31. The van der Waals surface area contributed by atoms with Crippen molar-refractivity contribution in [1.29, 1.82) is 0 Å². The maximum absolute atomic E-state index is 12.2. The van der Waals surface area contributed by atoms with Crippen LogP contribution in [-0.4, -0.2) is 52.3 Å². The van der Waals surface area contributed by atoms with Crippen molar-refractivity contribution in [3.63, 3.8) is 0 Å². The number of carboxylic acid groups (broad SMARTS) is 1. The molecule has 0 aromatic heterocycles. The van der Waals surface area contributed by atoms with E-state index in [0.29, 0.717) is 0 Å². The van der Waals surface area contributed by atoms with Crippen LogP contribution in [-0.2, 0) is 4.79 Å². The first-order chi connectivity index (χ1) is 8.88. The summed E-state index contributed by atoms with van der Waals surface area (Å²) < 4.78 is 0. The van der Waals surface area contributed by atoms with Crippen molar-refractivity contribution in [1.82, 2.24) is 10.2 Å². The van der Waals surface area contributed by atoms with Gasteiger partial charge in [0, 0.05) is 12.6 Å². The maximum Gasteiger partial charge on any atom is 0.326 e. The average molecular weight is 274 g/mol. The number of carboxylic acids is 1. The molecule has 3 N–H and O–H groups in total. The molecule has 0 aromatic rings. The van der Waals surface area contributed by atoms with Gasteiger partial charge in [0.15, 0.2) is 0 Å². The first-order valence-electron chi connectivity index (χ1n) is 6.79. The van der Waals surface area contributed by atoms with Crippen LogP contribution in [0, 0.1) is 5.92 Å². The topological polar surface area (TPSA) is 89.9 Å². The number of aliphatic hydroxyl groups excluding tert-OH is 1. The normalized spacial score (nSPS) is 12.6. The highest BCUT2D eigenvalue weighted by Crippen LogP contribution is 2.10. The van der Waals surface area contributed by atoms with Gasteiger partial charge in [-0.15, -0.1) is 0 Å². The highest BCUT2D eigenvalue weighted by Gasteiger charge is 2.28. The van der Waals surface area contributed by atoms with Gasteiger partial charge in [-0.1, -0.05) is 27.7 Å². The summed E-state index contributed by atoms with van der Waals surface area (Å²) in [5.41, 5.74) is 0. The molecule has 0 bridgehead atoms. The second-order valence-corrected chi connectivity index (χ2v) is 4.90. The van der Waals surface area contributed by atoms with E-state index in [2.05, 4.69) is 5.32 Å². The van der Waals surface area contributed by atoms with Crippen LogP contribution in [0.5, 0.6) is 0 Å². The molecule has 6 nitrogen and oxygen atoms in total. The van der Waals surface area contributed by atoms with E-state index in [9.17, 15) is 9.59 Å². The Labute approximate surface area is 114 Å². The second-order valence-electron chi connectivity index (χ2n) is 4.90. The molecule has 0 aromatic carbocycles. The van der Waals surface area contributed by atoms with E-state index >= 15 is 0 Å². The van der Waals surface area contributed by atoms with Crippen LogP contribution in [0.4, 0.5) is 4.79 Å². The van der Waals surface area contributed by atoms with Crippen molar-refractivity contribution in [3.05, 3.63) is 0 Å². The molecule has 0 rings (SSSR count). The summed E-state index contributed by atoms with van der Waals surface area (Å²) in [5.74, 6) is -1.24. The molecule has 0 aliphatic rings. The van der Waals surface area contributed by atoms with Crippen LogP contribution in [0.25, 0.3) is 0 Å². The van der Waals surface area contributed by atoms with Crippen molar-refractivity contribution in [2.24, 2.45) is 5.92 Å². The van der Waals surface area contributed by atoms with Crippen LogP contribution in [0.15, 0.2) is 0 Å². The Morgan fingerprint density at radius 3 is 2.05 bits per heavy atom. The van der Waals surface area contributed by atoms with E-state index in [1.54, 1.807) is 13.8 Å². The number of nitrogens with zero attached hydrogens (tertiary/aromatic N) is 1. The maximum atomic E-state index is 12.2. The van der Waals surface area contributed by atoms with Crippen LogP contribution < -0.4 is 5.32 Å². The van der Waals surface area contributed by atoms with Gasteiger partial charge in [0.25, 0.3) is 0 Å². The van der Waals surface area contributed by atoms with Gasteiger partial charge in [-0.25, -0.2) is 9.59 Å². The predicted molar refractivity (Wildman–Crippen MR) is 73.0 cm³/mol. The zero-order valence-corrected chi connectivity index (χ0v) is 12.2. The lowest BCUT2D eigenvalue weighted by Crippen LogP contribution is -2.53. The van der Waals surface area contributed by atoms with Crippen molar-refractivity contribution < 1.29 is 19.8 Å². The largest absolute Gasteiger partial charge is 0.480 e. The van der Waals surface area contributed by atoms with Gasteiger partial charge in [-0.05, 0) is 18.8 Å². The van der Waals surface area contributed by atoms with E-state index in [1.807, 2.05) is 13.8 Å². The molecular formula is C13H26N2O4. The Morgan fingerprint density at radius 1 is 1.21 bits per heavy atom. The molecule has 0 fully saturated rings. The molecular weight excluding hydrogens is 248 g/mol. The molecule has 0 aliphatic carbocycles. The predicted octanol–water partition coefficient (Wildman–Crippen LogP) is 1.29. The van der Waals surface area contributed by atoms with E-state index in [4.69, 9.17) is 10.2 Å². The quantitative estimate of drug-likeness (QED) is 0.622. The van der Waals surface area contributed by atoms with Gasteiger partial charge < -0.3 is 20.4 Å². The number of nitrogens with one attached hydrogen (secondary N) is 1. The fourth-order valence-corrected chi connectivity index (χ4v) is 2.02. The van der Waals surface area contributed by atoms with Crippen LogP contribution in [0.1, 0.15) is 40.5 Å². The highest BCUT2D eigenvalue weighted by atomic mass is 16.4. The van der Waals surface area contributed by atoms with Crippen molar-refractivity contribution >= 4 is 12.0 Å². The molecule has 0 aliphatic heterocycles. The molecule has 0 radical (unpaired) electrons. The summed E-state index contributed by atoms with van der Waals surface area (Å²) in [4.78, 5) is 24.7. The van der Waals surface area contributed by atoms with Gasteiger partial charge >= 0.3 is 12.0 Å². The number of carbonyl (C=O) groups excluding carboxylic acids is 1. The number of rotatable bonds is 8. The minimum Gasteiger partial charge on any atom is -0.480 e. The SMILES string of the molecule is CCC(CC)N(CCO)C(=O)N[C@@H](C(=O)O)C(C)C. The summed E-state index contributed by atoms with van der Waals surface area (Å²) in [6.45, 7) is 7.48. The molecule has 19 heavy (non-hydrogen) atoms. The van der Waals surface area contributed by atoms with Gasteiger partial charge in [0.1, 0.15) is 6.04 Å². The van der Waals surface area contributed by atoms with Gasteiger partial charge in [0.2, 0.25) is 0 Å². The number of hydrogen-bond donors (Lipinski definition) is 3. The number of aliphatic carboxylic acids is 1. The summed E-state index contributed by atoms with van der Waals surface area (Å²) in [6.07, 6.45) is 1.53. The number of hydrogen-bond acceptors (Lipinski definition) is 3. The zero-order chi connectivity index (χ0) is 15.0. The first kappa shape index (κ1) is 17.7. The van der Waals surface area contributed by atoms with Crippen LogP contribution in [0.3, 0.4) is 0 Å². The van der Waals surface area contributed by atoms with Crippen molar-refractivity contribution in [3.8, 4) is 0 Å². The summed E-state index contributed by atoms with van der Waals surface area (Å²) >= 11 is 0. The monoisotopic (exact) mass is 274 g/mol. The molecule has 0 heterocycles. The fourth-order valence-electron chi connectivity index (χ4n) is 2.02. The standard InChI is InChI=1S/C13H26N2O4/c1-5-10(6-2)15(7-8-16)13(19)14-11(9(3)4)12(17)18/h9-11,16H,5-8H2,1-4H3,(H,14,19)(H,17,18)/t11-/m1/s1.